The molecule has 0 radical (unpaired) electrons. The van der Waals surface area contributed by atoms with Crippen molar-refractivity contribution in [3.8, 4) is 0 Å². The lowest BCUT2D eigenvalue weighted by atomic mass is 10.1. The molecule has 1 aromatic carbocycles. The summed E-state index contributed by atoms with van der Waals surface area (Å²) in [6.45, 7) is 3.99. The lowest BCUT2D eigenvalue weighted by Gasteiger charge is -2.16. The minimum absolute atomic E-state index is 0.0174. The van der Waals surface area contributed by atoms with Crippen molar-refractivity contribution >= 4 is 33.7 Å². The maximum absolute atomic E-state index is 10.7. The molecule has 106 valence electrons. The second-order valence-electron chi connectivity index (χ2n) is 4.48. The summed E-state index contributed by atoms with van der Waals surface area (Å²) in [5, 5.41) is 9.53. The average Bonchev–Trinajstić information content (AvgIpc) is 2.77. The van der Waals surface area contributed by atoms with E-state index in [0.717, 1.165) is 20.9 Å². The Morgan fingerprint density at radius 1 is 1.45 bits per heavy atom. The molecule has 0 bridgehead atoms. The maximum Gasteiger partial charge on any atom is 0.313 e. The monoisotopic (exact) mass is 354 g/mol. The van der Waals surface area contributed by atoms with E-state index >= 15 is 0 Å². The molecule has 1 N–H and O–H groups in total. The lowest BCUT2D eigenvalue weighted by molar-refractivity contribution is -0.133. The SMILES string of the molecule is Cc1cn(C(C)c2ccc(Br)cc2)c(SCC(=O)O)n1. The molecule has 1 atom stereocenters. The van der Waals surface area contributed by atoms with E-state index in [-0.39, 0.29) is 11.8 Å². The molecule has 4 nitrogen and oxygen atoms in total. The number of rotatable bonds is 5. The molecule has 0 saturated heterocycles. The van der Waals surface area contributed by atoms with E-state index in [1.165, 1.54) is 11.8 Å². The summed E-state index contributed by atoms with van der Waals surface area (Å²) in [7, 11) is 0. The number of aliphatic carboxylic acids is 1. The Kier molecular flexibility index (Phi) is 4.88. The van der Waals surface area contributed by atoms with Crippen LogP contribution in [0.25, 0.3) is 0 Å². The van der Waals surface area contributed by atoms with Gasteiger partial charge in [-0.1, -0.05) is 39.8 Å². The van der Waals surface area contributed by atoms with Crippen molar-refractivity contribution in [1.29, 1.82) is 0 Å². The van der Waals surface area contributed by atoms with Crippen LogP contribution < -0.4 is 0 Å². The number of hydrogen-bond acceptors (Lipinski definition) is 3. The van der Waals surface area contributed by atoms with Crippen LogP contribution in [0.1, 0.15) is 24.2 Å². The fourth-order valence-corrected chi connectivity index (χ4v) is 2.99. The minimum Gasteiger partial charge on any atom is -0.481 e. The van der Waals surface area contributed by atoms with Gasteiger partial charge in [-0.3, -0.25) is 4.79 Å². The van der Waals surface area contributed by atoms with Gasteiger partial charge in [0.15, 0.2) is 5.16 Å². The van der Waals surface area contributed by atoms with Crippen molar-refractivity contribution in [2.45, 2.75) is 25.0 Å². The first-order chi connectivity index (χ1) is 9.47. The quantitative estimate of drug-likeness (QED) is 0.831. The number of carboxylic acids is 1. The molecule has 0 aliphatic carbocycles. The summed E-state index contributed by atoms with van der Waals surface area (Å²) in [5.41, 5.74) is 2.05. The molecule has 1 unspecified atom stereocenters. The van der Waals surface area contributed by atoms with Gasteiger partial charge in [0.2, 0.25) is 0 Å². The predicted octanol–water partition coefficient (Wildman–Crippen LogP) is 3.74. The highest BCUT2D eigenvalue weighted by atomic mass is 79.9. The zero-order chi connectivity index (χ0) is 14.7. The maximum atomic E-state index is 10.7. The van der Waals surface area contributed by atoms with Gasteiger partial charge in [-0.25, -0.2) is 4.98 Å². The molecule has 2 rings (SSSR count). The van der Waals surface area contributed by atoms with Gasteiger partial charge in [0, 0.05) is 10.7 Å². The normalized spacial score (nSPS) is 12.3. The second kappa shape index (κ2) is 6.45. The Labute approximate surface area is 130 Å². The largest absolute Gasteiger partial charge is 0.481 e. The van der Waals surface area contributed by atoms with E-state index in [1.807, 2.05) is 29.8 Å². The van der Waals surface area contributed by atoms with E-state index < -0.39 is 5.97 Å². The third kappa shape index (κ3) is 3.64. The molecule has 0 aliphatic heterocycles. The van der Waals surface area contributed by atoms with Crippen LogP contribution in [0, 0.1) is 6.92 Å². The molecule has 0 spiro atoms. The van der Waals surface area contributed by atoms with Crippen LogP contribution in [0.15, 0.2) is 40.1 Å². The summed E-state index contributed by atoms with van der Waals surface area (Å²) >= 11 is 4.67. The van der Waals surface area contributed by atoms with Crippen molar-refractivity contribution < 1.29 is 9.90 Å². The molecular formula is C14H15BrN2O2S. The van der Waals surface area contributed by atoms with Crippen molar-refractivity contribution in [2.24, 2.45) is 0 Å². The van der Waals surface area contributed by atoms with Crippen molar-refractivity contribution in [2.75, 3.05) is 5.75 Å². The van der Waals surface area contributed by atoms with E-state index in [1.54, 1.807) is 0 Å². The molecule has 0 aliphatic rings. The summed E-state index contributed by atoms with van der Waals surface area (Å²) < 4.78 is 3.06. The summed E-state index contributed by atoms with van der Waals surface area (Å²) in [4.78, 5) is 15.1. The number of imidazole rings is 1. The van der Waals surface area contributed by atoms with Crippen LogP contribution in [-0.4, -0.2) is 26.4 Å². The first kappa shape index (κ1) is 15.1. The van der Waals surface area contributed by atoms with E-state index in [9.17, 15) is 4.79 Å². The van der Waals surface area contributed by atoms with Crippen molar-refractivity contribution in [3.63, 3.8) is 0 Å². The van der Waals surface area contributed by atoms with E-state index in [4.69, 9.17) is 5.11 Å². The zero-order valence-corrected chi connectivity index (χ0v) is 13.6. The average molecular weight is 355 g/mol. The van der Waals surface area contributed by atoms with Gasteiger partial charge in [-0.2, -0.15) is 0 Å². The number of hydrogen-bond donors (Lipinski definition) is 1. The number of nitrogens with zero attached hydrogens (tertiary/aromatic N) is 2. The van der Waals surface area contributed by atoms with Crippen molar-refractivity contribution in [3.05, 3.63) is 46.2 Å². The van der Waals surface area contributed by atoms with Gasteiger partial charge < -0.3 is 9.67 Å². The number of benzene rings is 1. The lowest BCUT2D eigenvalue weighted by Crippen LogP contribution is -2.08. The number of aryl methyl sites for hydroxylation is 1. The Morgan fingerprint density at radius 2 is 2.10 bits per heavy atom. The fourth-order valence-electron chi connectivity index (χ4n) is 1.91. The third-order valence-corrected chi connectivity index (χ3v) is 4.39. The molecule has 20 heavy (non-hydrogen) atoms. The molecular weight excluding hydrogens is 340 g/mol. The van der Waals surface area contributed by atoms with Gasteiger partial charge in [0.1, 0.15) is 0 Å². The summed E-state index contributed by atoms with van der Waals surface area (Å²) in [6.07, 6.45) is 1.96. The highest BCUT2D eigenvalue weighted by Crippen LogP contribution is 2.26. The van der Waals surface area contributed by atoms with Crippen LogP contribution in [0.2, 0.25) is 0 Å². The molecule has 2 aromatic rings. The number of carbonyl (C=O) groups is 1. The van der Waals surface area contributed by atoms with Gasteiger partial charge >= 0.3 is 5.97 Å². The number of aromatic nitrogens is 2. The number of halogens is 1. The highest BCUT2D eigenvalue weighted by Gasteiger charge is 2.15. The van der Waals surface area contributed by atoms with E-state index in [2.05, 4.69) is 40.0 Å². The molecule has 6 heteroatoms. The van der Waals surface area contributed by atoms with Crippen molar-refractivity contribution in [1.82, 2.24) is 9.55 Å². The van der Waals surface area contributed by atoms with Crippen LogP contribution >= 0.6 is 27.7 Å². The topological polar surface area (TPSA) is 55.1 Å². The zero-order valence-electron chi connectivity index (χ0n) is 11.2. The van der Waals surface area contributed by atoms with Gasteiger partial charge in [0.25, 0.3) is 0 Å². The number of carboxylic acid groups (broad SMARTS) is 1. The third-order valence-electron chi connectivity index (χ3n) is 2.91. The standard InChI is InChI=1S/C14H15BrN2O2S/c1-9-7-17(14(16-9)20-8-13(18)19)10(2)11-3-5-12(15)6-4-11/h3-7,10H,8H2,1-2H3,(H,18,19). The smallest absolute Gasteiger partial charge is 0.313 e. The highest BCUT2D eigenvalue weighted by molar-refractivity contribution is 9.10. The molecule has 0 fully saturated rings. The van der Waals surface area contributed by atoms with Gasteiger partial charge in [0.05, 0.1) is 17.5 Å². The number of thioether (sulfide) groups is 1. The molecule has 0 amide bonds. The van der Waals surface area contributed by atoms with Gasteiger partial charge in [-0.15, -0.1) is 0 Å². The van der Waals surface area contributed by atoms with Crippen LogP contribution in [0.3, 0.4) is 0 Å². The second-order valence-corrected chi connectivity index (χ2v) is 6.34. The first-order valence-corrected chi connectivity index (χ1v) is 7.90. The Balaban J connectivity index is 2.26. The molecule has 1 aromatic heterocycles. The first-order valence-electron chi connectivity index (χ1n) is 6.13. The molecule has 1 heterocycles. The summed E-state index contributed by atoms with van der Waals surface area (Å²) in [6, 6.07) is 8.21. The van der Waals surface area contributed by atoms with Crippen LogP contribution in [-0.2, 0) is 4.79 Å². The van der Waals surface area contributed by atoms with E-state index in [0.29, 0.717) is 0 Å². The Bertz CT molecular complexity index is 610. The Morgan fingerprint density at radius 3 is 2.70 bits per heavy atom. The Hall–Kier alpha value is -1.27. The summed E-state index contributed by atoms with van der Waals surface area (Å²) in [5.74, 6) is -0.817. The van der Waals surface area contributed by atoms with Crippen LogP contribution in [0.5, 0.6) is 0 Å². The fraction of sp³-hybridized carbons (Fsp3) is 0.286. The molecule has 0 saturated carbocycles. The van der Waals surface area contributed by atoms with Crippen LogP contribution in [0.4, 0.5) is 0 Å². The van der Waals surface area contributed by atoms with Gasteiger partial charge in [-0.05, 0) is 31.5 Å². The minimum atomic E-state index is -0.835. The predicted molar refractivity (Wildman–Crippen MR) is 83.3 cm³/mol.